The summed E-state index contributed by atoms with van der Waals surface area (Å²) in [4.78, 5) is 14.4. The van der Waals surface area contributed by atoms with Gasteiger partial charge in [-0.2, -0.15) is 4.31 Å². The van der Waals surface area contributed by atoms with Crippen LogP contribution in [0.1, 0.15) is 10.5 Å². The summed E-state index contributed by atoms with van der Waals surface area (Å²) in [6.45, 7) is 1.03. The van der Waals surface area contributed by atoms with Crippen LogP contribution in [0, 0.1) is 0 Å². The summed E-state index contributed by atoms with van der Waals surface area (Å²) >= 11 is 0. The number of hydrogen-bond donors (Lipinski definition) is 0. The number of sulfonamides is 1. The van der Waals surface area contributed by atoms with Crippen molar-refractivity contribution in [3.8, 4) is 11.5 Å². The molecular weight excluding hydrogens is 370 g/mol. The summed E-state index contributed by atoms with van der Waals surface area (Å²) in [7, 11) is -3.55. The van der Waals surface area contributed by atoms with Crippen LogP contribution in [0.25, 0.3) is 11.5 Å². The van der Waals surface area contributed by atoms with E-state index in [0.717, 1.165) is 0 Å². The standard InChI is InChI=1S/C18H17N3O5S/c22-18(15-13-17(26-19-15)16-7-4-12-25-16)20-8-10-21(11-9-20)27(23,24)14-5-2-1-3-6-14/h1-7,12-13H,8-11H2. The summed E-state index contributed by atoms with van der Waals surface area (Å²) in [5.74, 6) is 0.558. The molecule has 1 saturated heterocycles. The highest BCUT2D eigenvalue weighted by Gasteiger charge is 2.31. The molecule has 0 bridgehead atoms. The molecule has 2 aromatic heterocycles. The summed E-state index contributed by atoms with van der Waals surface area (Å²) in [6.07, 6.45) is 1.51. The van der Waals surface area contributed by atoms with E-state index in [1.807, 2.05) is 0 Å². The number of benzene rings is 1. The smallest absolute Gasteiger partial charge is 0.276 e. The fourth-order valence-electron chi connectivity index (χ4n) is 2.95. The van der Waals surface area contributed by atoms with Gasteiger partial charge in [-0.25, -0.2) is 8.42 Å². The van der Waals surface area contributed by atoms with Gasteiger partial charge in [0.05, 0.1) is 11.2 Å². The lowest BCUT2D eigenvalue weighted by atomic mass is 10.2. The van der Waals surface area contributed by atoms with E-state index in [1.54, 1.807) is 47.4 Å². The zero-order valence-corrected chi connectivity index (χ0v) is 15.1. The lowest BCUT2D eigenvalue weighted by Crippen LogP contribution is -2.50. The number of furan rings is 1. The maximum absolute atomic E-state index is 12.7. The van der Waals surface area contributed by atoms with Crippen LogP contribution in [-0.4, -0.2) is 54.9 Å². The summed E-state index contributed by atoms with van der Waals surface area (Å²) in [6, 6.07) is 13.2. The van der Waals surface area contributed by atoms with Gasteiger partial charge in [0.2, 0.25) is 15.8 Å². The van der Waals surface area contributed by atoms with Crippen LogP contribution in [0.5, 0.6) is 0 Å². The minimum Gasteiger partial charge on any atom is -0.461 e. The molecule has 1 aromatic carbocycles. The van der Waals surface area contributed by atoms with Crippen LogP contribution in [0.4, 0.5) is 0 Å². The van der Waals surface area contributed by atoms with E-state index >= 15 is 0 Å². The van der Waals surface area contributed by atoms with E-state index in [0.29, 0.717) is 11.5 Å². The predicted octanol–water partition coefficient (Wildman–Crippen LogP) is 2.08. The molecule has 1 amide bonds. The van der Waals surface area contributed by atoms with Crippen molar-refractivity contribution in [2.75, 3.05) is 26.2 Å². The van der Waals surface area contributed by atoms with Crippen LogP contribution in [-0.2, 0) is 10.0 Å². The van der Waals surface area contributed by atoms with Gasteiger partial charge in [0.15, 0.2) is 11.5 Å². The first-order valence-electron chi connectivity index (χ1n) is 8.41. The van der Waals surface area contributed by atoms with Crippen molar-refractivity contribution in [2.45, 2.75) is 4.90 Å². The molecule has 3 heterocycles. The highest BCUT2D eigenvalue weighted by Crippen LogP contribution is 2.22. The minimum atomic E-state index is -3.55. The maximum atomic E-state index is 12.7. The third-order valence-corrected chi connectivity index (χ3v) is 6.31. The highest BCUT2D eigenvalue weighted by molar-refractivity contribution is 7.89. The fraction of sp³-hybridized carbons (Fsp3) is 0.222. The summed E-state index contributed by atoms with van der Waals surface area (Å²) in [5, 5.41) is 3.80. The number of rotatable bonds is 4. The van der Waals surface area contributed by atoms with Crippen LogP contribution >= 0.6 is 0 Å². The summed E-state index contributed by atoms with van der Waals surface area (Å²) in [5.41, 5.74) is 0.167. The number of hydrogen-bond acceptors (Lipinski definition) is 6. The number of piperazine rings is 1. The number of carbonyl (C=O) groups is 1. The van der Waals surface area contributed by atoms with Gasteiger partial charge in [-0.3, -0.25) is 4.79 Å². The van der Waals surface area contributed by atoms with Crippen LogP contribution in [0.3, 0.4) is 0 Å². The molecule has 0 unspecified atom stereocenters. The molecule has 0 aliphatic carbocycles. The molecule has 0 radical (unpaired) electrons. The van der Waals surface area contributed by atoms with Crippen molar-refractivity contribution >= 4 is 15.9 Å². The fourth-order valence-corrected chi connectivity index (χ4v) is 4.39. The van der Waals surface area contributed by atoms with E-state index in [1.165, 1.54) is 16.6 Å². The largest absolute Gasteiger partial charge is 0.461 e. The lowest BCUT2D eigenvalue weighted by Gasteiger charge is -2.33. The Labute approximate surface area is 156 Å². The Morgan fingerprint density at radius 3 is 2.37 bits per heavy atom. The van der Waals surface area contributed by atoms with Crippen molar-refractivity contribution < 1.29 is 22.2 Å². The molecule has 3 aromatic rings. The van der Waals surface area contributed by atoms with Gasteiger partial charge in [0.25, 0.3) is 5.91 Å². The Bertz CT molecular complexity index is 1020. The number of carbonyl (C=O) groups excluding carboxylic acids is 1. The van der Waals surface area contributed by atoms with Crippen LogP contribution < -0.4 is 0 Å². The maximum Gasteiger partial charge on any atom is 0.276 e. The second-order valence-electron chi connectivity index (χ2n) is 6.06. The molecule has 8 nitrogen and oxygen atoms in total. The third kappa shape index (κ3) is 3.38. The predicted molar refractivity (Wildman–Crippen MR) is 95.3 cm³/mol. The lowest BCUT2D eigenvalue weighted by molar-refractivity contribution is 0.0687. The molecule has 1 fully saturated rings. The molecule has 27 heavy (non-hydrogen) atoms. The average molecular weight is 387 g/mol. The highest BCUT2D eigenvalue weighted by atomic mass is 32.2. The van der Waals surface area contributed by atoms with Crippen molar-refractivity contribution in [1.29, 1.82) is 0 Å². The first-order chi connectivity index (χ1) is 13.1. The van der Waals surface area contributed by atoms with Crippen LogP contribution in [0.2, 0.25) is 0 Å². The van der Waals surface area contributed by atoms with E-state index < -0.39 is 10.0 Å². The van der Waals surface area contributed by atoms with Gasteiger partial charge in [0.1, 0.15) is 0 Å². The van der Waals surface area contributed by atoms with Gasteiger partial charge in [-0.1, -0.05) is 23.4 Å². The summed E-state index contributed by atoms with van der Waals surface area (Å²) < 4.78 is 37.1. The molecule has 0 spiro atoms. The first kappa shape index (κ1) is 17.5. The van der Waals surface area contributed by atoms with Gasteiger partial charge >= 0.3 is 0 Å². The van der Waals surface area contributed by atoms with E-state index in [-0.39, 0.29) is 42.7 Å². The van der Waals surface area contributed by atoms with E-state index in [9.17, 15) is 13.2 Å². The molecule has 0 N–H and O–H groups in total. The number of nitrogens with zero attached hydrogens (tertiary/aromatic N) is 3. The van der Waals surface area contributed by atoms with Gasteiger partial charge < -0.3 is 13.8 Å². The topological polar surface area (TPSA) is 96.9 Å². The van der Waals surface area contributed by atoms with E-state index in [2.05, 4.69) is 5.16 Å². The molecular formula is C18H17N3O5S. The Morgan fingerprint density at radius 1 is 0.963 bits per heavy atom. The van der Waals surface area contributed by atoms with Crippen molar-refractivity contribution in [1.82, 2.24) is 14.4 Å². The molecule has 4 rings (SSSR count). The molecule has 1 aliphatic heterocycles. The van der Waals surface area contributed by atoms with Gasteiger partial charge in [-0.05, 0) is 24.3 Å². The zero-order chi connectivity index (χ0) is 18.9. The minimum absolute atomic E-state index is 0.167. The second-order valence-corrected chi connectivity index (χ2v) is 8.00. The Hall–Kier alpha value is -2.91. The van der Waals surface area contributed by atoms with Crippen molar-refractivity contribution in [3.63, 3.8) is 0 Å². The molecule has 9 heteroatoms. The first-order valence-corrected chi connectivity index (χ1v) is 9.85. The Morgan fingerprint density at radius 2 is 1.70 bits per heavy atom. The third-order valence-electron chi connectivity index (χ3n) is 4.40. The molecule has 1 aliphatic rings. The SMILES string of the molecule is O=C(c1cc(-c2ccco2)on1)N1CCN(S(=O)(=O)c2ccccc2)CC1. The molecule has 0 atom stereocenters. The average Bonchev–Trinajstić information content (AvgIpc) is 3.40. The number of amides is 1. The van der Waals surface area contributed by atoms with Crippen molar-refractivity contribution in [2.24, 2.45) is 0 Å². The quantitative estimate of drug-likeness (QED) is 0.680. The van der Waals surface area contributed by atoms with Crippen LogP contribution in [0.15, 0.2) is 68.6 Å². The monoisotopic (exact) mass is 387 g/mol. The second kappa shape index (κ2) is 7.01. The van der Waals surface area contributed by atoms with Gasteiger partial charge in [-0.15, -0.1) is 0 Å². The number of aromatic nitrogens is 1. The van der Waals surface area contributed by atoms with E-state index in [4.69, 9.17) is 8.94 Å². The normalized spacial score (nSPS) is 15.8. The van der Waals surface area contributed by atoms with Gasteiger partial charge in [0, 0.05) is 32.2 Å². The Kier molecular flexibility index (Phi) is 4.54. The van der Waals surface area contributed by atoms with Crippen molar-refractivity contribution in [3.05, 3.63) is 60.5 Å². The Balaban J connectivity index is 1.43. The molecule has 0 saturated carbocycles. The zero-order valence-electron chi connectivity index (χ0n) is 14.3. The molecule has 140 valence electrons.